The molecule has 0 saturated carbocycles. The van der Waals surface area contributed by atoms with Gasteiger partial charge in [-0.05, 0) is 30.4 Å². The van der Waals surface area contributed by atoms with E-state index in [0.717, 1.165) is 25.1 Å². The Morgan fingerprint density at radius 2 is 2.39 bits per heavy atom. The molecule has 1 N–H and O–H groups in total. The molecule has 0 saturated heterocycles. The van der Waals surface area contributed by atoms with Crippen LogP contribution >= 0.6 is 11.8 Å². The van der Waals surface area contributed by atoms with Gasteiger partial charge in [0.25, 0.3) is 5.56 Å². The summed E-state index contributed by atoms with van der Waals surface area (Å²) >= 11 is 1.35. The highest BCUT2D eigenvalue weighted by Crippen LogP contribution is 2.32. The molecule has 0 amide bonds. The average Bonchev–Trinajstić information content (AvgIpc) is 2.96. The summed E-state index contributed by atoms with van der Waals surface area (Å²) in [6, 6.07) is 7.96. The molecule has 3 rings (SSSR count). The van der Waals surface area contributed by atoms with Gasteiger partial charge in [0.2, 0.25) is 0 Å². The number of anilines is 1. The van der Waals surface area contributed by atoms with E-state index in [2.05, 4.69) is 21.4 Å². The van der Waals surface area contributed by atoms with E-state index in [1.807, 2.05) is 36.6 Å². The van der Waals surface area contributed by atoms with E-state index in [9.17, 15) is 10.1 Å². The molecule has 0 radical (unpaired) electrons. The van der Waals surface area contributed by atoms with E-state index in [1.165, 1.54) is 23.0 Å². The van der Waals surface area contributed by atoms with Crippen molar-refractivity contribution in [1.29, 1.82) is 5.26 Å². The third kappa shape index (κ3) is 2.76. The van der Waals surface area contributed by atoms with Gasteiger partial charge in [-0.25, -0.2) is 4.98 Å². The van der Waals surface area contributed by atoms with Gasteiger partial charge in [-0.2, -0.15) is 5.26 Å². The van der Waals surface area contributed by atoms with Gasteiger partial charge in [0.1, 0.15) is 11.6 Å². The number of rotatable bonds is 4. The highest BCUT2D eigenvalue weighted by Gasteiger charge is 2.20. The largest absolute Gasteiger partial charge is 0.367 e. The lowest BCUT2D eigenvalue weighted by Gasteiger charge is -2.17. The molecular weight excluding hydrogens is 308 g/mol. The number of nitriles is 1. The van der Waals surface area contributed by atoms with Crippen LogP contribution in [0.3, 0.4) is 0 Å². The fourth-order valence-corrected chi connectivity index (χ4v) is 3.20. The Kier molecular flexibility index (Phi) is 4.22. The fourth-order valence-electron chi connectivity index (χ4n) is 2.82. The first kappa shape index (κ1) is 15.4. The lowest BCUT2D eigenvalue weighted by atomic mass is 10.0. The minimum absolute atomic E-state index is 0.0590. The summed E-state index contributed by atoms with van der Waals surface area (Å²) < 4.78 is 0. The average molecular weight is 324 g/mol. The zero-order valence-electron chi connectivity index (χ0n) is 12.8. The number of nitrogens with one attached hydrogen (secondary N) is 1. The monoisotopic (exact) mass is 324 g/mol. The molecule has 23 heavy (non-hydrogen) atoms. The van der Waals surface area contributed by atoms with Crippen molar-refractivity contribution >= 4 is 17.4 Å². The standard InChI is InChI=1S/C17H16N4OS/c1-3-7-21-8-6-11-9-12(4-5-14(11)21)15-13(10-18)16(22)20-17(19-15)23-2/h3-5,9H,1,6-8H2,2H3,(H,19,20,22). The second-order valence-corrected chi connectivity index (χ2v) is 6.03. The van der Waals surface area contributed by atoms with Crippen molar-refractivity contribution in [3.05, 3.63) is 52.3 Å². The van der Waals surface area contributed by atoms with Crippen LogP contribution in [0.4, 0.5) is 5.69 Å². The summed E-state index contributed by atoms with van der Waals surface area (Å²) in [6.07, 6.45) is 4.67. The van der Waals surface area contributed by atoms with Crippen molar-refractivity contribution in [3.8, 4) is 17.3 Å². The van der Waals surface area contributed by atoms with Crippen LogP contribution in [-0.2, 0) is 6.42 Å². The van der Waals surface area contributed by atoms with Crippen LogP contribution in [0.25, 0.3) is 11.3 Å². The molecule has 0 atom stereocenters. The lowest BCUT2D eigenvalue weighted by Crippen LogP contribution is -2.19. The Balaban J connectivity index is 2.11. The van der Waals surface area contributed by atoms with Gasteiger partial charge in [0.05, 0.1) is 5.69 Å². The molecule has 0 unspecified atom stereocenters. The predicted octanol–water partition coefficient (Wildman–Crippen LogP) is 2.58. The molecule has 0 fully saturated rings. The first-order valence-electron chi connectivity index (χ1n) is 7.25. The number of thioether (sulfide) groups is 1. The molecule has 116 valence electrons. The van der Waals surface area contributed by atoms with Gasteiger partial charge in [-0.15, -0.1) is 6.58 Å². The van der Waals surface area contributed by atoms with E-state index >= 15 is 0 Å². The minimum atomic E-state index is -0.393. The van der Waals surface area contributed by atoms with Crippen molar-refractivity contribution in [2.75, 3.05) is 24.2 Å². The molecule has 1 aliphatic rings. The Hall–Kier alpha value is -2.52. The first-order chi connectivity index (χ1) is 11.2. The summed E-state index contributed by atoms with van der Waals surface area (Å²) in [5, 5.41) is 9.81. The van der Waals surface area contributed by atoms with Crippen LogP contribution in [0.5, 0.6) is 0 Å². The maximum absolute atomic E-state index is 12.0. The summed E-state index contributed by atoms with van der Waals surface area (Å²) in [6.45, 7) is 5.55. The Morgan fingerprint density at radius 1 is 1.57 bits per heavy atom. The first-order valence-corrected chi connectivity index (χ1v) is 8.48. The zero-order valence-corrected chi connectivity index (χ0v) is 13.6. The second kappa shape index (κ2) is 6.31. The normalized spacial score (nSPS) is 12.8. The SMILES string of the molecule is C=CCN1CCc2cc(-c3nc(SC)[nH]c(=O)c3C#N)ccc21. The van der Waals surface area contributed by atoms with E-state index in [1.54, 1.807) is 0 Å². The lowest BCUT2D eigenvalue weighted by molar-refractivity contribution is 0.905. The van der Waals surface area contributed by atoms with Gasteiger partial charge in [0, 0.05) is 24.3 Å². The number of hydrogen-bond donors (Lipinski definition) is 1. The molecule has 1 aromatic carbocycles. The minimum Gasteiger partial charge on any atom is -0.367 e. The number of nitrogens with zero attached hydrogens (tertiary/aromatic N) is 3. The molecular formula is C17H16N4OS. The Labute approximate surface area is 138 Å². The number of aromatic amines is 1. The van der Waals surface area contributed by atoms with Gasteiger partial charge in [-0.1, -0.05) is 23.9 Å². The fraction of sp³-hybridized carbons (Fsp3) is 0.235. The van der Waals surface area contributed by atoms with Crippen molar-refractivity contribution in [3.63, 3.8) is 0 Å². The van der Waals surface area contributed by atoms with Crippen molar-refractivity contribution in [2.24, 2.45) is 0 Å². The third-order valence-corrected chi connectivity index (χ3v) is 4.48. The van der Waals surface area contributed by atoms with Crippen molar-refractivity contribution in [2.45, 2.75) is 11.6 Å². The molecule has 1 aliphatic heterocycles. The topological polar surface area (TPSA) is 72.8 Å². The van der Waals surface area contributed by atoms with Gasteiger partial charge in [0.15, 0.2) is 5.16 Å². The molecule has 1 aromatic heterocycles. The van der Waals surface area contributed by atoms with Crippen LogP contribution in [-0.4, -0.2) is 29.3 Å². The van der Waals surface area contributed by atoms with E-state index in [-0.39, 0.29) is 5.56 Å². The number of fused-ring (bicyclic) bond motifs is 1. The molecule has 0 aliphatic carbocycles. The zero-order chi connectivity index (χ0) is 16.4. The highest BCUT2D eigenvalue weighted by atomic mass is 32.2. The van der Waals surface area contributed by atoms with E-state index in [0.29, 0.717) is 10.9 Å². The van der Waals surface area contributed by atoms with Crippen LogP contribution in [0.15, 0.2) is 40.8 Å². The van der Waals surface area contributed by atoms with Crippen LogP contribution in [0, 0.1) is 11.3 Å². The Bertz CT molecular complexity index is 866. The van der Waals surface area contributed by atoms with Crippen LogP contribution in [0.1, 0.15) is 11.1 Å². The maximum atomic E-state index is 12.0. The number of benzene rings is 1. The van der Waals surface area contributed by atoms with E-state index in [4.69, 9.17) is 0 Å². The van der Waals surface area contributed by atoms with Gasteiger partial charge in [-0.3, -0.25) is 4.79 Å². The summed E-state index contributed by atoms with van der Waals surface area (Å²) in [5.41, 5.74) is 3.31. The van der Waals surface area contributed by atoms with Gasteiger partial charge < -0.3 is 9.88 Å². The Morgan fingerprint density at radius 3 is 3.09 bits per heavy atom. The molecule has 0 spiro atoms. The second-order valence-electron chi connectivity index (χ2n) is 5.24. The number of aromatic nitrogens is 2. The molecule has 2 heterocycles. The number of hydrogen-bond acceptors (Lipinski definition) is 5. The quantitative estimate of drug-likeness (QED) is 0.531. The van der Waals surface area contributed by atoms with Gasteiger partial charge >= 0.3 is 0 Å². The third-order valence-electron chi connectivity index (χ3n) is 3.90. The van der Waals surface area contributed by atoms with E-state index < -0.39 is 5.56 Å². The van der Waals surface area contributed by atoms with Crippen molar-refractivity contribution in [1.82, 2.24) is 9.97 Å². The summed E-state index contributed by atoms with van der Waals surface area (Å²) in [5.74, 6) is 0. The number of H-pyrrole nitrogens is 1. The predicted molar refractivity (Wildman–Crippen MR) is 92.9 cm³/mol. The molecule has 6 heteroatoms. The summed E-state index contributed by atoms with van der Waals surface area (Å²) in [4.78, 5) is 21.4. The van der Waals surface area contributed by atoms with Crippen LogP contribution < -0.4 is 10.5 Å². The van der Waals surface area contributed by atoms with Crippen LogP contribution in [0.2, 0.25) is 0 Å². The smallest absolute Gasteiger partial charge is 0.270 e. The molecule has 0 bridgehead atoms. The van der Waals surface area contributed by atoms with Crippen molar-refractivity contribution < 1.29 is 0 Å². The summed E-state index contributed by atoms with van der Waals surface area (Å²) in [7, 11) is 0. The molecule has 2 aromatic rings. The maximum Gasteiger partial charge on any atom is 0.270 e. The molecule has 5 nitrogen and oxygen atoms in total. The highest BCUT2D eigenvalue weighted by molar-refractivity contribution is 7.98.